The first kappa shape index (κ1) is 21.4. The quantitative estimate of drug-likeness (QED) is 0.326. The number of hydrogen-bond donors (Lipinski definition) is 2. The van der Waals surface area contributed by atoms with Crippen molar-refractivity contribution >= 4 is 5.96 Å². The van der Waals surface area contributed by atoms with Crippen molar-refractivity contribution in [2.24, 2.45) is 4.99 Å². The molecule has 0 bridgehead atoms. The summed E-state index contributed by atoms with van der Waals surface area (Å²) in [5.74, 6) is 1.04. The largest absolute Gasteiger partial charge is 0.355 e. The molecule has 0 unspecified atom stereocenters. The number of aromatic nitrogens is 2. The topological polar surface area (TPSA) is 54.2 Å². The molecule has 3 aromatic carbocycles. The van der Waals surface area contributed by atoms with Crippen LogP contribution < -0.4 is 10.6 Å². The van der Waals surface area contributed by atoms with E-state index in [2.05, 4.69) is 110 Å². The van der Waals surface area contributed by atoms with Crippen molar-refractivity contribution in [3.63, 3.8) is 0 Å². The summed E-state index contributed by atoms with van der Waals surface area (Å²) >= 11 is 0. The Hall–Kier alpha value is -3.86. The third kappa shape index (κ3) is 5.85. The van der Waals surface area contributed by atoms with E-state index in [0.717, 1.165) is 19.0 Å². The van der Waals surface area contributed by atoms with Crippen LogP contribution in [0.2, 0.25) is 0 Å². The van der Waals surface area contributed by atoms with Gasteiger partial charge in [0.05, 0.1) is 6.33 Å². The van der Waals surface area contributed by atoms with Crippen molar-refractivity contribution in [2.75, 3.05) is 13.6 Å². The minimum Gasteiger partial charge on any atom is -0.355 e. The number of nitrogens with zero attached hydrogens (tertiary/aromatic N) is 3. The highest BCUT2D eigenvalue weighted by Crippen LogP contribution is 2.23. The second-order valence-corrected chi connectivity index (χ2v) is 7.73. The molecule has 0 amide bonds. The van der Waals surface area contributed by atoms with Gasteiger partial charge in [-0.1, -0.05) is 84.9 Å². The van der Waals surface area contributed by atoms with Gasteiger partial charge in [0, 0.05) is 45.0 Å². The molecule has 5 heteroatoms. The normalized spacial score (nSPS) is 11.5. The van der Waals surface area contributed by atoms with Gasteiger partial charge in [-0.25, -0.2) is 4.98 Å². The summed E-state index contributed by atoms with van der Waals surface area (Å²) in [5, 5.41) is 6.94. The monoisotopic (exact) mass is 423 g/mol. The Bertz CT molecular complexity index is 1050. The third-order valence-electron chi connectivity index (χ3n) is 5.51. The van der Waals surface area contributed by atoms with Crippen LogP contribution in [0.4, 0.5) is 0 Å². The fourth-order valence-corrected chi connectivity index (χ4v) is 3.76. The Kier molecular flexibility index (Phi) is 7.32. The highest BCUT2D eigenvalue weighted by molar-refractivity contribution is 5.79. The summed E-state index contributed by atoms with van der Waals surface area (Å²) in [5.41, 5.74) is 5.04. The standard InChI is InChI=1S/C27H29N5/c1-28-27(30-18-22-12-14-23(15-13-22)20-32-17-16-29-21-32)31-19-26(24-8-4-2-5-9-24)25-10-6-3-7-11-25/h2-17,21,26H,18-20H2,1H3,(H2,28,30,31). The minimum absolute atomic E-state index is 0.249. The molecule has 0 saturated heterocycles. The van der Waals surface area contributed by atoms with E-state index >= 15 is 0 Å². The van der Waals surface area contributed by atoms with Crippen LogP contribution in [0, 0.1) is 0 Å². The SMILES string of the molecule is CN=C(NCc1ccc(Cn2ccnc2)cc1)NCC(c1ccccc1)c1ccccc1. The predicted octanol–water partition coefficient (Wildman–Crippen LogP) is 4.43. The molecule has 0 aliphatic carbocycles. The van der Waals surface area contributed by atoms with Gasteiger partial charge in [0.25, 0.3) is 0 Å². The van der Waals surface area contributed by atoms with Gasteiger partial charge in [-0.15, -0.1) is 0 Å². The second kappa shape index (κ2) is 11.0. The van der Waals surface area contributed by atoms with Crippen molar-refractivity contribution < 1.29 is 0 Å². The fourth-order valence-electron chi connectivity index (χ4n) is 3.76. The highest BCUT2D eigenvalue weighted by Gasteiger charge is 2.14. The average Bonchev–Trinajstić information content (AvgIpc) is 3.36. The van der Waals surface area contributed by atoms with E-state index in [1.54, 1.807) is 6.20 Å². The predicted molar refractivity (Wildman–Crippen MR) is 131 cm³/mol. The Morgan fingerprint density at radius 2 is 1.47 bits per heavy atom. The number of rotatable bonds is 8. The lowest BCUT2D eigenvalue weighted by molar-refractivity contribution is 0.728. The van der Waals surface area contributed by atoms with E-state index < -0.39 is 0 Å². The smallest absolute Gasteiger partial charge is 0.191 e. The summed E-state index contributed by atoms with van der Waals surface area (Å²) in [6, 6.07) is 29.8. The molecule has 0 atom stereocenters. The maximum atomic E-state index is 4.41. The Morgan fingerprint density at radius 1 is 0.844 bits per heavy atom. The van der Waals surface area contributed by atoms with E-state index in [-0.39, 0.29) is 5.92 Å². The van der Waals surface area contributed by atoms with E-state index in [1.165, 1.54) is 22.3 Å². The molecule has 4 aromatic rings. The maximum absolute atomic E-state index is 4.41. The van der Waals surface area contributed by atoms with Crippen LogP contribution in [-0.4, -0.2) is 29.1 Å². The molecule has 1 heterocycles. The van der Waals surface area contributed by atoms with Crippen LogP contribution in [0.25, 0.3) is 0 Å². The van der Waals surface area contributed by atoms with Crippen LogP contribution in [0.5, 0.6) is 0 Å². The molecule has 1 aromatic heterocycles. The molecular weight excluding hydrogens is 394 g/mol. The van der Waals surface area contributed by atoms with Crippen LogP contribution >= 0.6 is 0 Å². The van der Waals surface area contributed by atoms with Gasteiger partial charge in [-0.05, 0) is 22.3 Å². The lowest BCUT2D eigenvalue weighted by Gasteiger charge is -2.20. The highest BCUT2D eigenvalue weighted by atomic mass is 15.2. The maximum Gasteiger partial charge on any atom is 0.191 e. The Morgan fingerprint density at radius 3 is 2.03 bits per heavy atom. The summed E-state index contributed by atoms with van der Waals surface area (Å²) < 4.78 is 2.06. The summed E-state index contributed by atoms with van der Waals surface area (Å²) in [6.07, 6.45) is 5.61. The number of guanidine groups is 1. The van der Waals surface area contributed by atoms with Gasteiger partial charge in [-0.3, -0.25) is 4.99 Å². The van der Waals surface area contributed by atoms with E-state index in [1.807, 2.05) is 19.6 Å². The molecule has 0 spiro atoms. The molecule has 5 nitrogen and oxygen atoms in total. The van der Waals surface area contributed by atoms with Crippen LogP contribution in [0.15, 0.2) is 109 Å². The number of nitrogens with one attached hydrogen (secondary N) is 2. The summed E-state index contributed by atoms with van der Waals surface area (Å²) in [4.78, 5) is 8.51. The molecule has 2 N–H and O–H groups in total. The van der Waals surface area contributed by atoms with Gasteiger partial charge in [0.15, 0.2) is 5.96 Å². The zero-order valence-corrected chi connectivity index (χ0v) is 18.4. The number of aliphatic imine (C=N–C) groups is 1. The molecule has 0 saturated carbocycles. The summed E-state index contributed by atoms with van der Waals surface area (Å²) in [6.45, 7) is 2.31. The second-order valence-electron chi connectivity index (χ2n) is 7.73. The summed E-state index contributed by atoms with van der Waals surface area (Å²) in [7, 11) is 1.81. The molecule has 0 radical (unpaired) electrons. The van der Waals surface area contributed by atoms with Gasteiger partial charge in [0.2, 0.25) is 0 Å². The zero-order chi connectivity index (χ0) is 22.0. The number of hydrogen-bond acceptors (Lipinski definition) is 2. The van der Waals surface area contributed by atoms with Gasteiger partial charge in [-0.2, -0.15) is 0 Å². The van der Waals surface area contributed by atoms with Crippen molar-refractivity contribution in [1.82, 2.24) is 20.2 Å². The third-order valence-corrected chi connectivity index (χ3v) is 5.51. The first-order valence-corrected chi connectivity index (χ1v) is 10.9. The first-order chi connectivity index (χ1) is 15.8. The molecule has 0 aliphatic heterocycles. The molecule has 0 aliphatic rings. The van der Waals surface area contributed by atoms with E-state index in [0.29, 0.717) is 6.54 Å². The van der Waals surface area contributed by atoms with Crippen molar-refractivity contribution in [2.45, 2.75) is 19.0 Å². The van der Waals surface area contributed by atoms with Crippen LogP contribution in [0.3, 0.4) is 0 Å². The molecule has 32 heavy (non-hydrogen) atoms. The van der Waals surface area contributed by atoms with Gasteiger partial charge >= 0.3 is 0 Å². The number of benzene rings is 3. The number of imidazole rings is 1. The van der Waals surface area contributed by atoms with E-state index in [9.17, 15) is 0 Å². The molecule has 162 valence electrons. The van der Waals surface area contributed by atoms with E-state index in [4.69, 9.17) is 0 Å². The Balaban J connectivity index is 1.34. The average molecular weight is 424 g/mol. The fraction of sp³-hybridized carbons (Fsp3) is 0.185. The lowest BCUT2D eigenvalue weighted by atomic mass is 9.91. The molecule has 0 fully saturated rings. The van der Waals surface area contributed by atoms with Gasteiger partial charge in [0.1, 0.15) is 0 Å². The Labute approximate surface area is 189 Å². The van der Waals surface area contributed by atoms with Crippen molar-refractivity contribution in [3.05, 3.63) is 126 Å². The van der Waals surface area contributed by atoms with Crippen LogP contribution in [-0.2, 0) is 13.1 Å². The van der Waals surface area contributed by atoms with Crippen LogP contribution in [0.1, 0.15) is 28.2 Å². The first-order valence-electron chi connectivity index (χ1n) is 10.9. The van der Waals surface area contributed by atoms with Crippen molar-refractivity contribution in [3.8, 4) is 0 Å². The molecule has 4 rings (SSSR count). The zero-order valence-electron chi connectivity index (χ0n) is 18.4. The van der Waals surface area contributed by atoms with Gasteiger partial charge < -0.3 is 15.2 Å². The minimum atomic E-state index is 0.249. The van der Waals surface area contributed by atoms with Crippen molar-refractivity contribution in [1.29, 1.82) is 0 Å². The molecular formula is C27H29N5. The lowest BCUT2D eigenvalue weighted by Crippen LogP contribution is -2.39.